The molecule has 2 nitrogen and oxygen atoms in total. The average Bonchev–Trinajstić information content (AvgIpc) is 3.71. The minimum absolute atomic E-state index is 0.242. The fourth-order valence-electron chi connectivity index (χ4n) is 12.4. The largest absolute Gasteiger partial charge is 0.507 e. The Morgan fingerprint density at radius 3 is 0.803 bits per heavy atom. The Balaban J connectivity index is 1.21. The van der Waals surface area contributed by atoms with Crippen molar-refractivity contribution in [3.8, 4) is 67.1 Å². The highest BCUT2D eigenvalue weighted by atomic mass is 16.3. The summed E-state index contributed by atoms with van der Waals surface area (Å²) < 4.78 is 0. The number of aromatic hydroxyl groups is 2. The van der Waals surface area contributed by atoms with Gasteiger partial charge < -0.3 is 10.2 Å². The SMILES string of the molecule is Cc1c(-c2cc(C3(c4cc(-c5ccc6ccccc6c5C)c(O)c(-c5ccc6ccccc6c5C)c4)c4ccccc4-c4ccccc43)cc(-c3ccc4ccccc4c3C)c2O)ccc2ccccc12. The maximum atomic E-state index is 13.1. The maximum absolute atomic E-state index is 13.1. The molecule has 12 aromatic rings. The van der Waals surface area contributed by atoms with E-state index in [-0.39, 0.29) is 11.5 Å². The lowest BCUT2D eigenvalue weighted by atomic mass is 9.65. The normalized spacial score (nSPS) is 12.7. The Labute approximate surface area is 414 Å². The Kier molecular flexibility index (Phi) is 9.66. The molecule has 338 valence electrons. The van der Waals surface area contributed by atoms with Crippen molar-refractivity contribution in [2.45, 2.75) is 33.1 Å². The topological polar surface area (TPSA) is 40.5 Å². The molecule has 0 unspecified atom stereocenters. The number of hydrogen-bond donors (Lipinski definition) is 2. The molecule has 0 fully saturated rings. The first-order valence-electron chi connectivity index (χ1n) is 24.6. The molecule has 0 bridgehead atoms. The van der Waals surface area contributed by atoms with Crippen molar-refractivity contribution >= 4 is 43.1 Å². The monoisotopic (exact) mass is 910 g/mol. The third-order valence-electron chi connectivity index (χ3n) is 16.0. The lowest BCUT2D eigenvalue weighted by Crippen LogP contribution is -2.29. The first kappa shape index (κ1) is 42.4. The summed E-state index contributed by atoms with van der Waals surface area (Å²) in [5.74, 6) is 0.483. The van der Waals surface area contributed by atoms with Gasteiger partial charge in [0.25, 0.3) is 0 Å². The molecule has 71 heavy (non-hydrogen) atoms. The van der Waals surface area contributed by atoms with E-state index in [1.54, 1.807) is 0 Å². The molecule has 12 aromatic carbocycles. The minimum Gasteiger partial charge on any atom is -0.507 e. The second kappa shape index (κ2) is 16.2. The first-order chi connectivity index (χ1) is 34.7. The summed E-state index contributed by atoms with van der Waals surface area (Å²) in [4.78, 5) is 0. The Bertz CT molecular complexity index is 3710. The third-order valence-corrected chi connectivity index (χ3v) is 16.0. The van der Waals surface area contributed by atoms with E-state index in [2.05, 4.69) is 246 Å². The second-order valence-corrected chi connectivity index (χ2v) is 19.5. The first-order valence-corrected chi connectivity index (χ1v) is 24.6. The number of benzene rings is 12. The summed E-state index contributed by atoms with van der Waals surface area (Å²) in [5, 5.41) is 35.5. The van der Waals surface area contributed by atoms with Crippen LogP contribution < -0.4 is 0 Å². The van der Waals surface area contributed by atoms with E-state index in [1.165, 1.54) is 0 Å². The summed E-state index contributed by atoms with van der Waals surface area (Å²) >= 11 is 0. The van der Waals surface area contributed by atoms with Crippen LogP contribution >= 0.6 is 0 Å². The molecule has 0 saturated heterocycles. The maximum Gasteiger partial charge on any atom is 0.131 e. The van der Waals surface area contributed by atoms with Crippen LogP contribution in [0.2, 0.25) is 0 Å². The zero-order chi connectivity index (χ0) is 48.1. The Morgan fingerprint density at radius 2 is 0.507 bits per heavy atom. The zero-order valence-corrected chi connectivity index (χ0v) is 40.2. The molecule has 1 aliphatic rings. The fourth-order valence-corrected chi connectivity index (χ4v) is 12.4. The molecular formula is C69H50O2. The quantitative estimate of drug-likeness (QED) is 0.174. The Morgan fingerprint density at radius 1 is 0.254 bits per heavy atom. The van der Waals surface area contributed by atoms with Crippen molar-refractivity contribution in [3.63, 3.8) is 0 Å². The van der Waals surface area contributed by atoms with Gasteiger partial charge in [-0.3, -0.25) is 0 Å². The van der Waals surface area contributed by atoms with Gasteiger partial charge >= 0.3 is 0 Å². The van der Waals surface area contributed by atoms with Gasteiger partial charge in [0.15, 0.2) is 0 Å². The summed E-state index contributed by atoms with van der Waals surface area (Å²) in [5.41, 5.74) is 17.1. The third kappa shape index (κ3) is 6.27. The predicted molar refractivity (Wildman–Crippen MR) is 298 cm³/mol. The smallest absolute Gasteiger partial charge is 0.131 e. The van der Waals surface area contributed by atoms with Crippen LogP contribution in [0.25, 0.3) is 98.7 Å². The van der Waals surface area contributed by atoms with Crippen molar-refractivity contribution < 1.29 is 10.2 Å². The standard InChI is InChI=1S/C69H50O2/c1-41-51-21-9-5-17-45(51)29-33-55(41)61-37-49(38-62(67(61)70)56-34-30-46-18-6-10-22-52(46)42(56)2)69(65-27-15-13-25-59(65)60-26-14-16-28-66(60)69)50-39-63(57-35-31-47-19-7-11-23-53(47)43(57)3)68(71)64(40-50)58-36-32-48-20-8-12-24-54(48)44(58)4/h5-40,70-71H,1-4H3. The molecule has 1 aliphatic carbocycles. The lowest BCUT2D eigenvalue weighted by Gasteiger charge is -2.36. The number of fused-ring (bicyclic) bond motifs is 7. The number of phenols is 2. The summed E-state index contributed by atoms with van der Waals surface area (Å²) in [6.07, 6.45) is 0. The van der Waals surface area contributed by atoms with Crippen molar-refractivity contribution in [1.82, 2.24) is 0 Å². The van der Waals surface area contributed by atoms with Crippen LogP contribution in [0.4, 0.5) is 0 Å². The van der Waals surface area contributed by atoms with Crippen molar-refractivity contribution in [3.05, 3.63) is 263 Å². The molecule has 2 N–H and O–H groups in total. The summed E-state index contributed by atoms with van der Waals surface area (Å²) in [7, 11) is 0. The number of hydrogen-bond acceptors (Lipinski definition) is 2. The molecular weight excluding hydrogens is 861 g/mol. The molecule has 0 heterocycles. The van der Waals surface area contributed by atoms with E-state index in [0.717, 1.165) is 143 Å². The van der Waals surface area contributed by atoms with Crippen LogP contribution in [0.5, 0.6) is 11.5 Å². The van der Waals surface area contributed by atoms with Crippen LogP contribution in [-0.2, 0) is 5.41 Å². The number of rotatable bonds is 6. The van der Waals surface area contributed by atoms with Gasteiger partial charge in [-0.05, 0) is 173 Å². The van der Waals surface area contributed by atoms with Crippen LogP contribution in [-0.4, -0.2) is 10.2 Å². The van der Waals surface area contributed by atoms with Crippen molar-refractivity contribution in [1.29, 1.82) is 0 Å². The predicted octanol–water partition coefficient (Wildman–Crippen LogP) is 18.0. The average molecular weight is 911 g/mol. The number of aryl methyl sites for hydroxylation is 4. The van der Waals surface area contributed by atoms with E-state index in [0.29, 0.717) is 0 Å². The van der Waals surface area contributed by atoms with E-state index >= 15 is 0 Å². The van der Waals surface area contributed by atoms with Gasteiger partial charge in [0.1, 0.15) is 11.5 Å². The molecule has 0 atom stereocenters. The highest BCUT2D eigenvalue weighted by Crippen LogP contribution is 2.60. The van der Waals surface area contributed by atoms with Gasteiger partial charge in [-0.1, -0.05) is 194 Å². The van der Waals surface area contributed by atoms with Gasteiger partial charge in [-0.15, -0.1) is 0 Å². The minimum atomic E-state index is -0.938. The van der Waals surface area contributed by atoms with Crippen LogP contribution in [0, 0.1) is 27.7 Å². The molecule has 0 radical (unpaired) electrons. The van der Waals surface area contributed by atoms with Crippen LogP contribution in [0.15, 0.2) is 218 Å². The van der Waals surface area contributed by atoms with Crippen LogP contribution in [0.3, 0.4) is 0 Å². The highest BCUT2D eigenvalue weighted by Gasteiger charge is 2.47. The summed E-state index contributed by atoms with van der Waals surface area (Å²) in [6, 6.07) is 78.2. The Hall–Kier alpha value is -8.72. The molecule has 0 spiro atoms. The highest BCUT2D eigenvalue weighted by molar-refractivity contribution is 6.01. The lowest BCUT2D eigenvalue weighted by molar-refractivity contribution is 0.478. The molecule has 2 heteroatoms. The van der Waals surface area contributed by atoms with Gasteiger partial charge in [0.05, 0.1) is 5.41 Å². The molecule has 0 saturated carbocycles. The summed E-state index contributed by atoms with van der Waals surface area (Å²) in [6.45, 7) is 8.71. The molecule has 13 rings (SSSR count). The fraction of sp³-hybridized carbons (Fsp3) is 0.0725. The van der Waals surface area contributed by atoms with Gasteiger partial charge in [-0.25, -0.2) is 0 Å². The molecule has 0 aliphatic heterocycles. The molecule has 0 aromatic heterocycles. The van der Waals surface area contributed by atoms with Gasteiger partial charge in [-0.2, -0.15) is 0 Å². The second-order valence-electron chi connectivity index (χ2n) is 19.5. The van der Waals surface area contributed by atoms with E-state index in [9.17, 15) is 10.2 Å². The van der Waals surface area contributed by atoms with Crippen LogP contribution in [0.1, 0.15) is 44.5 Å². The zero-order valence-electron chi connectivity index (χ0n) is 40.2. The molecule has 0 amide bonds. The van der Waals surface area contributed by atoms with Crippen molar-refractivity contribution in [2.75, 3.05) is 0 Å². The van der Waals surface area contributed by atoms with Gasteiger partial charge in [0.2, 0.25) is 0 Å². The van der Waals surface area contributed by atoms with Gasteiger partial charge in [0, 0.05) is 22.3 Å². The van der Waals surface area contributed by atoms with E-state index in [1.807, 2.05) is 0 Å². The van der Waals surface area contributed by atoms with E-state index < -0.39 is 5.41 Å². The van der Waals surface area contributed by atoms with E-state index in [4.69, 9.17) is 0 Å². The number of phenolic OH excluding ortho intramolecular Hbond substituents is 2. The van der Waals surface area contributed by atoms with Crippen molar-refractivity contribution in [2.24, 2.45) is 0 Å².